The summed E-state index contributed by atoms with van der Waals surface area (Å²) in [5, 5.41) is 12.2. The summed E-state index contributed by atoms with van der Waals surface area (Å²) < 4.78 is 10.5. The van der Waals surface area contributed by atoms with Crippen molar-refractivity contribution < 1.29 is 24.2 Å². The van der Waals surface area contributed by atoms with Crippen molar-refractivity contribution in [3.8, 4) is 22.1 Å². The highest BCUT2D eigenvalue weighted by atomic mass is 32.1. The highest BCUT2D eigenvalue weighted by molar-refractivity contribution is 7.17. The maximum absolute atomic E-state index is 12.4. The molecule has 2 N–H and O–H groups in total. The lowest BCUT2D eigenvalue weighted by atomic mass is 10.2. The number of carboxylic acids is 1. The van der Waals surface area contributed by atoms with Crippen LogP contribution in [0, 0.1) is 6.92 Å². The third kappa shape index (κ3) is 4.08. The number of nitrogens with one attached hydrogen (secondary N) is 1. The van der Waals surface area contributed by atoms with Gasteiger partial charge < -0.3 is 19.9 Å². The fourth-order valence-electron chi connectivity index (χ4n) is 2.26. The quantitative estimate of drug-likeness (QED) is 0.784. The number of aromatic nitrogens is 1. The lowest BCUT2D eigenvalue weighted by molar-refractivity contribution is -0.139. The first-order valence-electron chi connectivity index (χ1n) is 7.64. The van der Waals surface area contributed by atoms with Crippen molar-refractivity contribution >= 4 is 23.2 Å². The van der Waals surface area contributed by atoms with Crippen LogP contribution in [0.3, 0.4) is 0 Å². The second-order valence-corrected chi connectivity index (χ2v) is 6.27. The van der Waals surface area contributed by atoms with Crippen molar-refractivity contribution in [1.82, 2.24) is 10.3 Å². The van der Waals surface area contributed by atoms with Gasteiger partial charge in [0.15, 0.2) is 11.5 Å². The van der Waals surface area contributed by atoms with Crippen LogP contribution in [-0.4, -0.2) is 42.2 Å². The smallest absolute Gasteiger partial charge is 0.326 e. The summed E-state index contributed by atoms with van der Waals surface area (Å²) in [5.74, 6) is -0.324. The van der Waals surface area contributed by atoms with E-state index < -0.39 is 17.9 Å². The largest absolute Gasteiger partial charge is 0.493 e. The zero-order valence-electron chi connectivity index (χ0n) is 14.5. The van der Waals surface area contributed by atoms with E-state index in [1.54, 1.807) is 40.2 Å². The molecule has 0 aliphatic carbocycles. The van der Waals surface area contributed by atoms with E-state index in [1.165, 1.54) is 11.3 Å². The molecule has 0 bridgehead atoms. The number of carboxylic acid groups (broad SMARTS) is 1. The van der Waals surface area contributed by atoms with Gasteiger partial charge >= 0.3 is 5.97 Å². The van der Waals surface area contributed by atoms with E-state index in [2.05, 4.69) is 10.3 Å². The Morgan fingerprint density at radius 3 is 2.52 bits per heavy atom. The Labute approximate surface area is 149 Å². The van der Waals surface area contributed by atoms with Crippen LogP contribution in [-0.2, 0) is 4.79 Å². The maximum atomic E-state index is 12.4. The SMILES string of the molecule is CCC(NC(=O)c1sc(-c2ccc(OC)c(OC)c2)nc1C)C(=O)O. The summed E-state index contributed by atoms with van der Waals surface area (Å²) in [4.78, 5) is 28.3. The zero-order chi connectivity index (χ0) is 18.6. The van der Waals surface area contributed by atoms with E-state index in [1.807, 2.05) is 6.07 Å². The minimum atomic E-state index is -1.06. The summed E-state index contributed by atoms with van der Waals surface area (Å²) in [6.07, 6.45) is 0.307. The number of thiazole rings is 1. The lowest BCUT2D eigenvalue weighted by Crippen LogP contribution is -2.40. The predicted octanol–water partition coefficient (Wildman–Crippen LogP) is 2.73. The van der Waals surface area contributed by atoms with Gasteiger partial charge in [-0.3, -0.25) is 4.79 Å². The van der Waals surface area contributed by atoms with E-state index in [-0.39, 0.29) is 0 Å². The lowest BCUT2D eigenvalue weighted by Gasteiger charge is -2.11. The molecule has 1 aromatic heterocycles. The van der Waals surface area contributed by atoms with Crippen molar-refractivity contribution in [2.24, 2.45) is 0 Å². The number of nitrogens with zero attached hydrogens (tertiary/aromatic N) is 1. The predicted molar refractivity (Wildman–Crippen MR) is 94.6 cm³/mol. The Hall–Kier alpha value is -2.61. The van der Waals surface area contributed by atoms with Gasteiger partial charge in [0, 0.05) is 5.56 Å². The molecule has 0 saturated heterocycles. The molecule has 1 amide bonds. The van der Waals surface area contributed by atoms with Crippen molar-refractivity contribution in [3.05, 3.63) is 28.8 Å². The molecule has 8 heteroatoms. The standard InChI is InChI=1S/C17H20N2O5S/c1-5-11(17(21)22)19-15(20)14-9(2)18-16(25-14)10-6-7-12(23-3)13(8-10)24-4/h6-8,11H,5H2,1-4H3,(H,19,20)(H,21,22). The first-order chi connectivity index (χ1) is 11.9. The number of amides is 1. The molecule has 1 heterocycles. The van der Waals surface area contributed by atoms with E-state index in [4.69, 9.17) is 14.6 Å². The number of carbonyl (C=O) groups is 2. The molecule has 1 aromatic carbocycles. The third-order valence-electron chi connectivity index (χ3n) is 3.64. The first-order valence-corrected chi connectivity index (χ1v) is 8.46. The third-order valence-corrected chi connectivity index (χ3v) is 4.85. The molecule has 7 nitrogen and oxygen atoms in total. The number of aliphatic carboxylic acids is 1. The summed E-state index contributed by atoms with van der Waals surface area (Å²) in [6, 6.07) is 4.46. The zero-order valence-corrected chi connectivity index (χ0v) is 15.3. The number of ether oxygens (including phenoxy) is 2. The van der Waals surface area contributed by atoms with Crippen LogP contribution >= 0.6 is 11.3 Å². The van der Waals surface area contributed by atoms with E-state index in [0.29, 0.717) is 33.5 Å². The molecule has 2 aromatic rings. The Morgan fingerprint density at radius 1 is 1.28 bits per heavy atom. The molecule has 134 valence electrons. The van der Waals surface area contributed by atoms with E-state index in [9.17, 15) is 9.59 Å². The van der Waals surface area contributed by atoms with Gasteiger partial charge in [0.2, 0.25) is 0 Å². The molecular formula is C17H20N2O5S. The van der Waals surface area contributed by atoms with E-state index >= 15 is 0 Å². The van der Waals surface area contributed by atoms with Crippen molar-refractivity contribution in [2.75, 3.05) is 14.2 Å². The molecule has 0 saturated carbocycles. The number of hydrogen-bond donors (Lipinski definition) is 2. The molecule has 0 radical (unpaired) electrons. The number of methoxy groups -OCH3 is 2. The van der Waals surface area contributed by atoms with Gasteiger partial charge in [0.1, 0.15) is 15.9 Å². The number of carbonyl (C=O) groups excluding carboxylic acids is 1. The van der Waals surface area contributed by atoms with Crippen LogP contribution < -0.4 is 14.8 Å². The van der Waals surface area contributed by atoms with Crippen LogP contribution in [0.15, 0.2) is 18.2 Å². The molecular weight excluding hydrogens is 344 g/mol. The molecule has 2 rings (SSSR count). The molecule has 0 aliphatic rings. The Kier molecular flexibility index (Phi) is 5.97. The van der Waals surface area contributed by atoms with Gasteiger partial charge in [-0.2, -0.15) is 0 Å². The minimum absolute atomic E-state index is 0.307. The average Bonchev–Trinajstić information content (AvgIpc) is 3.00. The van der Waals surface area contributed by atoms with Crippen molar-refractivity contribution in [1.29, 1.82) is 0 Å². The average molecular weight is 364 g/mol. The fraction of sp³-hybridized carbons (Fsp3) is 0.353. The van der Waals surface area contributed by atoms with E-state index in [0.717, 1.165) is 5.56 Å². The monoisotopic (exact) mass is 364 g/mol. The summed E-state index contributed by atoms with van der Waals surface area (Å²) in [6.45, 7) is 3.42. The summed E-state index contributed by atoms with van der Waals surface area (Å²) in [5.41, 5.74) is 1.34. The number of aryl methyl sites for hydroxylation is 1. The molecule has 0 spiro atoms. The Balaban J connectivity index is 2.31. The maximum Gasteiger partial charge on any atom is 0.326 e. The number of rotatable bonds is 7. The fourth-order valence-corrected chi connectivity index (χ4v) is 3.23. The molecule has 0 aliphatic heterocycles. The van der Waals surface area contributed by atoms with Gasteiger partial charge in [0.25, 0.3) is 5.91 Å². The Morgan fingerprint density at radius 2 is 1.96 bits per heavy atom. The summed E-state index contributed by atoms with van der Waals surface area (Å²) in [7, 11) is 3.10. The van der Waals surface area contributed by atoms with Crippen LogP contribution in [0.1, 0.15) is 28.7 Å². The van der Waals surface area contributed by atoms with Gasteiger partial charge in [-0.1, -0.05) is 6.92 Å². The molecule has 0 fully saturated rings. The van der Waals surface area contributed by atoms with Crippen LogP contribution in [0.5, 0.6) is 11.5 Å². The first kappa shape index (κ1) is 18.7. The molecule has 25 heavy (non-hydrogen) atoms. The topological polar surface area (TPSA) is 97.8 Å². The van der Waals surface area contributed by atoms with Gasteiger partial charge in [-0.05, 0) is 31.5 Å². The van der Waals surface area contributed by atoms with Crippen LogP contribution in [0.4, 0.5) is 0 Å². The van der Waals surface area contributed by atoms with Crippen LogP contribution in [0.25, 0.3) is 10.6 Å². The highest BCUT2D eigenvalue weighted by Gasteiger charge is 2.22. The van der Waals surface area contributed by atoms with Crippen molar-refractivity contribution in [3.63, 3.8) is 0 Å². The van der Waals surface area contributed by atoms with Gasteiger partial charge in [-0.25, -0.2) is 9.78 Å². The number of hydrogen-bond acceptors (Lipinski definition) is 6. The molecule has 1 atom stereocenters. The van der Waals surface area contributed by atoms with Gasteiger partial charge in [-0.15, -0.1) is 11.3 Å². The van der Waals surface area contributed by atoms with Crippen molar-refractivity contribution in [2.45, 2.75) is 26.3 Å². The second-order valence-electron chi connectivity index (χ2n) is 5.28. The number of benzene rings is 1. The summed E-state index contributed by atoms with van der Waals surface area (Å²) >= 11 is 1.21. The normalized spacial score (nSPS) is 11.7. The van der Waals surface area contributed by atoms with Crippen LogP contribution in [0.2, 0.25) is 0 Å². The Bertz CT molecular complexity index is 787. The second kappa shape index (κ2) is 7.98. The highest BCUT2D eigenvalue weighted by Crippen LogP contribution is 2.34. The minimum Gasteiger partial charge on any atom is -0.493 e. The van der Waals surface area contributed by atoms with Gasteiger partial charge in [0.05, 0.1) is 19.9 Å². The molecule has 1 unspecified atom stereocenters.